The highest BCUT2D eigenvalue weighted by atomic mass is 16.6. The molecule has 2 aromatic rings. The van der Waals surface area contributed by atoms with Crippen molar-refractivity contribution in [2.24, 2.45) is 0 Å². The summed E-state index contributed by atoms with van der Waals surface area (Å²) < 4.78 is 1.58. The molecule has 0 bridgehead atoms. The van der Waals surface area contributed by atoms with Crippen molar-refractivity contribution in [1.29, 1.82) is 0 Å². The van der Waals surface area contributed by atoms with E-state index in [0.717, 1.165) is 5.69 Å². The third-order valence-electron chi connectivity index (χ3n) is 3.11. The Bertz CT molecular complexity index is 670. The predicted molar refractivity (Wildman–Crippen MR) is 75.9 cm³/mol. The standard InChI is InChI=1S/C13H17N5O2/c1-8-9(6-5-7-10(8)18(19)20)17-11(13(2,3)4)12(14)15-16-17/h5-7H,14H2,1-4H3. The lowest BCUT2D eigenvalue weighted by Crippen LogP contribution is -2.19. The Morgan fingerprint density at radius 2 is 2.00 bits per heavy atom. The van der Waals surface area contributed by atoms with E-state index in [0.29, 0.717) is 17.1 Å². The Hall–Kier alpha value is -2.44. The summed E-state index contributed by atoms with van der Waals surface area (Å²) in [7, 11) is 0. The summed E-state index contributed by atoms with van der Waals surface area (Å²) in [5.74, 6) is 0.336. The second kappa shape index (κ2) is 4.59. The van der Waals surface area contributed by atoms with Gasteiger partial charge < -0.3 is 5.73 Å². The average Bonchev–Trinajstić information content (AvgIpc) is 2.70. The second-order valence-electron chi connectivity index (χ2n) is 5.66. The van der Waals surface area contributed by atoms with Crippen LogP contribution >= 0.6 is 0 Å². The highest BCUT2D eigenvalue weighted by molar-refractivity contribution is 5.55. The number of rotatable bonds is 2. The van der Waals surface area contributed by atoms with Gasteiger partial charge in [0.1, 0.15) is 0 Å². The number of nitrogens with zero attached hydrogens (tertiary/aromatic N) is 4. The summed E-state index contributed by atoms with van der Waals surface area (Å²) in [6.07, 6.45) is 0. The highest BCUT2D eigenvalue weighted by Gasteiger charge is 2.26. The molecule has 0 radical (unpaired) electrons. The van der Waals surface area contributed by atoms with E-state index in [4.69, 9.17) is 5.73 Å². The van der Waals surface area contributed by atoms with Gasteiger partial charge in [0.15, 0.2) is 5.82 Å². The van der Waals surface area contributed by atoms with Crippen molar-refractivity contribution in [3.63, 3.8) is 0 Å². The molecular formula is C13H17N5O2. The molecule has 0 aliphatic heterocycles. The van der Waals surface area contributed by atoms with E-state index in [1.807, 2.05) is 20.8 Å². The van der Waals surface area contributed by atoms with Crippen molar-refractivity contribution in [3.05, 3.63) is 39.6 Å². The van der Waals surface area contributed by atoms with Crippen LogP contribution < -0.4 is 5.73 Å². The van der Waals surface area contributed by atoms with Crippen molar-refractivity contribution in [2.75, 3.05) is 5.73 Å². The Morgan fingerprint density at radius 3 is 2.55 bits per heavy atom. The molecule has 0 aliphatic rings. The normalized spacial score (nSPS) is 11.6. The monoisotopic (exact) mass is 275 g/mol. The van der Waals surface area contributed by atoms with Crippen molar-refractivity contribution >= 4 is 11.5 Å². The first kappa shape index (κ1) is 14.0. The van der Waals surface area contributed by atoms with E-state index in [-0.39, 0.29) is 11.1 Å². The van der Waals surface area contributed by atoms with Crippen LogP contribution in [0.4, 0.5) is 11.5 Å². The van der Waals surface area contributed by atoms with Gasteiger partial charge in [-0.15, -0.1) is 5.10 Å². The Labute approximate surface area is 116 Å². The maximum absolute atomic E-state index is 11.0. The van der Waals surface area contributed by atoms with E-state index < -0.39 is 4.92 Å². The van der Waals surface area contributed by atoms with Crippen LogP contribution in [0, 0.1) is 17.0 Å². The van der Waals surface area contributed by atoms with Crippen LogP contribution in [0.5, 0.6) is 0 Å². The number of nitro groups is 1. The number of nitro benzene ring substituents is 1. The van der Waals surface area contributed by atoms with Crippen LogP contribution in [0.1, 0.15) is 32.0 Å². The van der Waals surface area contributed by atoms with Crippen LogP contribution in [0.25, 0.3) is 5.69 Å². The molecule has 7 nitrogen and oxygen atoms in total. The van der Waals surface area contributed by atoms with Gasteiger partial charge in [-0.25, -0.2) is 4.68 Å². The first-order chi connectivity index (χ1) is 9.23. The maximum atomic E-state index is 11.0. The largest absolute Gasteiger partial charge is 0.381 e. The molecule has 20 heavy (non-hydrogen) atoms. The molecule has 7 heteroatoms. The van der Waals surface area contributed by atoms with E-state index in [2.05, 4.69) is 10.3 Å². The van der Waals surface area contributed by atoms with Crippen LogP contribution in [0.15, 0.2) is 18.2 Å². The number of anilines is 1. The molecule has 106 valence electrons. The third kappa shape index (κ3) is 2.22. The molecule has 1 aromatic carbocycles. The second-order valence-corrected chi connectivity index (χ2v) is 5.66. The van der Waals surface area contributed by atoms with Crippen LogP contribution in [0.3, 0.4) is 0 Å². The number of benzene rings is 1. The Morgan fingerprint density at radius 1 is 1.35 bits per heavy atom. The summed E-state index contributed by atoms with van der Waals surface area (Å²) in [6.45, 7) is 7.67. The van der Waals surface area contributed by atoms with Gasteiger partial charge in [-0.3, -0.25) is 10.1 Å². The lowest BCUT2D eigenvalue weighted by Gasteiger charge is -2.20. The predicted octanol–water partition coefficient (Wildman–Crippen LogP) is 2.36. The first-order valence-corrected chi connectivity index (χ1v) is 6.19. The number of hydrogen-bond donors (Lipinski definition) is 1. The first-order valence-electron chi connectivity index (χ1n) is 6.19. The molecule has 0 fully saturated rings. The van der Waals surface area contributed by atoms with Crippen molar-refractivity contribution in [2.45, 2.75) is 33.1 Å². The molecule has 2 rings (SSSR count). The minimum Gasteiger partial charge on any atom is -0.381 e. The molecule has 0 atom stereocenters. The highest BCUT2D eigenvalue weighted by Crippen LogP contribution is 2.31. The zero-order valence-corrected chi connectivity index (χ0v) is 11.9. The van der Waals surface area contributed by atoms with E-state index >= 15 is 0 Å². The van der Waals surface area contributed by atoms with Crippen molar-refractivity contribution < 1.29 is 4.92 Å². The van der Waals surface area contributed by atoms with Crippen molar-refractivity contribution in [1.82, 2.24) is 15.0 Å². The smallest absolute Gasteiger partial charge is 0.274 e. The zero-order valence-electron chi connectivity index (χ0n) is 11.9. The molecule has 0 amide bonds. The van der Waals surface area contributed by atoms with Gasteiger partial charge in [0.2, 0.25) is 0 Å². The summed E-state index contributed by atoms with van der Waals surface area (Å²) in [5.41, 5.74) is 7.55. The van der Waals surface area contributed by atoms with E-state index in [1.54, 1.807) is 23.7 Å². The van der Waals surface area contributed by atoms with Crippen LogP contribution in [-0.4, -0.2) is 19.9 Å². The summed E-state index contributed by atoms with van der Waals surface area (Å²) in [5, 5.41) is 19.0. The van der Waals surface area contributed by atoms with Crippen molar-refractivity contribution in [3.8, 4) is 5.69 Å². The molecule has 0 unspecified atom stereocenters. The molecule has 0 saturated heterocycles. The molecule has 0 aliphatic carbocycles. The van der Waals surface area contributed by atoms with Crippen LogP contribution in [-0.2, 0) is 5.41 Å². The fourth-order valence-corrected chi connectivity index (χ4v) is 2.20. The van der Waals surface area contributed by atoms with Gasteiger partial charge in [0.25, 0.3) is 5.69 Å². The van der Waals surface area contributed by atoms with E-state index in [1.165, 1.54) is 6.07 Å². The number of nitrogens with two attached hydrogens (primary N) is 1. The lowest BCUT2D eigenvalue weighted by atomic mass is 9.91. The SMILES string of the molecule is Cc1c(-n2nnc(N)c2C(C)(C)C)cccc1[N+](=O)[O-]. The van der Waals surface area contributed by atoms with Gasteiger partial charge in [-0.2, -0.15) is 0 Å². The molecule has 0 spiro atoms. The minimum atomic E-state index is -0.407. The van der Waals surface area contributed by atoms with Gasteiger partial charge >= 0.3 is 0 Å². The molecule has 1 heterocycles. The average molecular weight is 275 g/mol. The number of nitrogen functional groups attached to an aromatic ring is 1. The minimum absolute atomic E-state index is 0.0523. The maximum Gasteiger partial charge on any atom is 0.274 e. The summed E-state index contributed by atoms with van der Waals surface area (Å²) in [4.78, 5) is 10.6. The van der Waals surface area contributed by atoms with Gasteiger partial charge in [-0.1, -0.05) is 32.1 Å². The fourth-order valence-electron chi connectivity index (χ4n) is 2.20. The quantitative estimate of drug-likeness (QED) is 0.669. The van der Waals surface area contributed by atoms with Gasteiger partial charge in [-0.05, 0) is 13.0 Å². The summed E-state index contributed by atoms with van der Waals surface area (Å²) >= 11 is 0. The van der Waals surface area contributed by atoms with Gasteiger partial charge in [0.05, 0.1) is 21.9 Å². The Kier molecular flexibility index (Phi) is 3.21. The zero-order chi connectivity index (χ0) is 15.1. The fraction of sp³-hybridized carbons (Fsp3) is 0.385. The number of aromatic nitrogens is 3. The molecule has 1 aromatic heterocycles. The molecule has 0 saturated carbocycles. The Balaban J connectivity index is 2.71. The number of hydrogen-bond acceptors (Lipinski definition) is 5. The molecule has 2 N–H and O–H groups in total. The summed E-state index contributed by atoms with van der Waals surface area (Å²) in [6, 6.07) is 4.87. The molecular weight excluding hydrogens is 258 g/mol. The van der Waals surface area contributed by atoms with Crippen LogP contribution in [0.2, 0.25) is 0 Å². The lowest BCUT2D eigenvalue weighted by molar-refractivity contribution is -0.385. The van der Waals surface area contributed by atoms with Gasteiger partial charge in [0, 0.05) is 11.5 Å². The van der Waals surface area contributed by atoms with E-state index in [9.17, 15) is 10.1 Å². The third-order valence-corrected chi connectivity index (χ3v) is 3.11. The topological polar surface area (TPSA) is 99.9 Å².